The van der Waals surface area contributed by atoms with Crippen LogP contribution in [-0.2, 0) is 11.3 Å². The number of carbonyl (C=O) groups excluding carboxylic acids is 1. The molecule has 0 radical (unpaired) electrons. The molecule has 2 aromatic heterocycles. The van der Waals surface area contributed by atoms with Gasteiger partial charge in [0.1, 0.15) is 6.54 Å². The second-order valence-corrected chi connectivity index (χ2v) is 6.63. The van der Waals surface area contributed by atoms with E-state index in [4.69, 9.17) is 0 Å². The Kier molecular flexibility index (Phi) is 5.24. The summed E-state index contributed by atoms with van der Waals surface area (Å²) in [5, 5.41) is 3.00. The number of rotatable bonds is 4. The summed E-state index contributed by atoms with van der Waals surface area (Å²) in [6, 6.07) is 4.91. The predicted molar refractivity (Wildman–Crippen MR) is 93.8 cm³/mol. The molecule has 1 N–H and O–H groups in total. The third-order valence-corrected chi connectivity index (χ3v) is 4.35. The van der Waals surface area contributed by atoms with Crippen LogP contribution in [0.3, 0.4) is 0 Å². The first-order chi connectivity index (χ1) is 11.6. The van der Waals surface area contributed by atoms with Gasteiger partial charge in [-0.25, -0.2) is 9.97 Å². The Labute approximate surface area is 147 Å². The lowest BCUT2D eigenvalue weighted by atomic mass is 10.1. The number of nitrogens with one attached hydrogen (secondary N) is 1. The highest BCUT2D eigenvalue weighted by molar-refractivity contribution is 9.10. The van der Waals surface area contributed by atoms with Crippen LogP contribution in [0.4, 0.5) is 5.95 Å². The molecule has 0 unspecified atom stereocenters. The highest BCUT2D eigenvalue weighted by atomic mass is 79.9. The minimum Gasteiger partial charge on any atom is -0.350 e. The van der Waals surface area contributed by atoms with Crippen molar-refractivity contribution < 1.29 is 4.79 Å². The minimum absolute atomic E-state index is 0.0105. The van der Waals surface area contributed by atoms with Gasteiger partial charge in [0.15, 0.2) is 0 Å². The van der Waals surface area contributed by atoms with Crippen LogP contribution >= 0.6 is 15.9 Å². The van der Waals surface area contributed by atoms with Crippen LogP contribution < -0.4 is 15.8 Å². The molecule has 8 heteroatoms. The average Bonchev–Trinajstić information content (AvgIpc) is 2.59. The number of nitrogens with zero attached hydrogens (tertiary/aromatic N) is 4. The maximum atomic E-state index is 12.3. The van der Waals surface area contributed by atoms with Crippen molar-refractivity contribution >= 4 is 27.8 Å². The highest BCUT2D eigenvalue weighted by Crippen LogP contribution is 2.15. The third-order valence-electron chi connectivity index (χ3n) is 3.88. The monoisotopic (exact) mass is 391 g/mol. The van der Waals surface area contributed by atoms with Gasteiger partial charge in [-0.3, -0.25) is 9.59 Å². The van der Waals surface area contributed by atoms with E-state index >= 15 is 0 Å². The summed E-state index contributed by atoms with van der Waals surface area (Å²) in [7, 11) is 0. The molecule has 0 aliphatic carbocycles. The molecule has 126 valence electrons. The van der Waals surface area contributed by atoms with Gasteiger partial charge in [0, 0.05) is 48.3 Å². The number of hydrogen-bond acceptors (Lipinski definition) is 5. The maximum absolute atomic E-state index is 12.3. The normalized spacial score (nSPS) is 17.5. The molecule has 7 nitrogen and oxygen atoms in total. The Balaban J connectivity index is 1.60. The average molecular weight is 392 g/mol. The summed E-state index contributed by atoms with van der Waals surface area (Å²) in [5.74, 6) is 0.510. The summed E-state index contributed by atoms with van der Waals surface area (Å²) in [6.45, 7) is 1.56. The smallest absolute Gasteiger partial charge is 0.251 e. The van der Waals surface area contributed by atoms with Crippen molar-refractivity contribution in [3.63, 3.8) is 0 Å². The van der Waals surface area contributed by atoms with Gasteiger partial charge >= 0.3 is 0 Å². The van der Waals surface area contributed by atoms with Crippen molar-refractivity contribution in [3.8, 4) is 0 Å². The molecule has 0 bridgehead atoms. The highest BCUT2D eigenvalue weighted by Gasteiger charge is 2.23. The summed E-state index contributed by atoms with van der Waals surface area (Å²) < 4.78 is 2.15. The molecule has 0 aromatic carbocycles. The van der Waals surface area contributed by atoms with E-state index in [1.165, 1.54) is 10.6 Å². The Bertz CT molecular complexity index is 765. The fraction of sp³-hybridized carbons (Fsp3) is 0.375. The number of amides is 1. The number of hydrogen-bond donors (Lipinski definition) is 1. The fourth-order valence-corrected chi connectivity index (χ4v) is 3.16. The number of anilines is 1. The van der Waals surface area contributed by atoms with Crippen LogP contribution in [-0.4, -0.2) is 39.6 Å². The topological polar surface area (TPSA) is 80.1 Å². The largest absolute Gasteiger partial charge is 0.350 e. The van der Waals surface area contributed by atoms with E-state index < -0.39 is 0 Å². The van der Waals surface area contributed by atoms with Crippen molar-refractivity contribution in [2.75, 3.05) is 18.0 Å². The zero-order valence-corrected chi connectivity index (χ0v) is 14.6. The van der Waals surface area contributed by atoms with E-state index in [0.717, 1.165) is 23.9 Å². The van der Waals surface area contributed by atoms with E-state index in [1.54, 1.807) is 30.7 Å². The molecule has 1 atom stereocenters. The van der Waals surface area contributed by atoms with Gasteiger partial charge in [-0.05, 0) is 40.9 Å². The van der Waals surface area contributed by atoms with Crippen LogP contribution in [0.5, 0.6) is 0 Å². The van der Waals surface area contributed by atoms with Crippen molar-refractivity contribution in [1.29, 1.82) is 0 Å². The molecule has 0 saturated carbocycles. The zero-order valence-electron chi connectivity index (χ0n) is 13.1. The molecule has 1 amide bonds. The van der Waals surface area contributed by atoms with Crippen molar-refractivity contribution in [1.82, 2.24) is 19.9 Å². The minimum atomic E-state index is -0.198. The molecule has 2 aromatic rings. The van der Waals surface area contributed by atoms with Crippen LogP contribution in [0.15, 0.2) is 46.1 Å². The molecule has 3 rings (SSSR count). The fourth-order valence-electron chi connectivity index (χ4n) is 2.78. The number of piperidine rings is 1. The molecule has 1 aliphatic heterocycles. The van der Waals surface area contributed by atoms with Crippen molar-refractivity contribution in [2.24, 2.45) is 0 Å². The van der Waals surface area contributed by atoms with Gasteiger partial charge in [-0.2, -0.15) is 0 Å². The van der Waals surface area contributed by atoms with Gasteiger partial charge < -0.3 is 14.8 Å². The van der Waals surface area contributed by atoms with Crippen LogP contribution in [0.2, 0.25) is 0 Å². The van der Waals surface area contributed by atoms with E-state index in [2.05, 4.69) is 36.1 Å². The summed E-state index contributed by atoms with van der Waals surface area (Å²) in [4.78, 5) is 34.6. The van der Waals surface area contributed by atoms with Gasteiger partial charge in [-0.15, -0.1) is 0 Å². The van der Waals surface area contributed by atoms with Gasteiger partial charge in [0.25, 0.3) is 5.56 Å². The SMILES string of the molecule is O=C(Cn1cc(Br)ccc1=O)N[C@@H]1CCCN(c2ncccn2)C1. The summed E-state index contributed by atoms with van der Waals surface area (Å²) in [5.41, 5.74) is -0.198. The number of aromatic nitrogens is 3. The molecule has 24 heavy (non-hydrogen) atoms. The van der Waals surface area contributed by atoms with Gasteiger partial charge in [0.2, 0.25) is 11.9 Å². The number of pyridine rings is 1. The van der Waals surface area contributed by atoms with Crippen LogP contribution in [0.1, 0.15) is 12.8 Å². The lowest BCUT2D eigenvalue weighted by molar-refractivity contribution is -0.122. The first-order valence-corrected chi connectivity index (χ1v) is 8.58. The molecule has 1 saturated heterocycles. The van der Waals surface area contributed by atoms with Crippen molar-refractivity contribution in [3.05, 3.63) is 51.6 Å². The van der Waals surface area contributed by atoms with E-state index in [0.29, 0.717) is 12.5 Å². The second-order valence-electron chi connectivity index (χ2n) is 5.71. The number of halogens is 1. The molecule has 0 spiro atoms. The van der Waals surface area contributed by atoms with E-state index in [-0.39, 0.29) is 24.1 Å². The molecule has 1 fully saturated rings. The molecular weight excluding hydrogens is 374 g/mol. The zero-order chi connectivity index (χ0) is 16.9. The Hall–Kier alpha value is -2.22. The number of carbonyl (C=O) groups is 1. The predicted octanol–water partition coefficient (Wildman–Crippen LogP) is 1.19. The lowest BCUT2D eigenvalue weighted by Gasteiger charge is -2.33. The summed E-state index contributed by atoms with van der Waals surface area (Å²) >= 11 is 3.31. The molecule has 3 heterocycles. The first-order valence-electron chi connectivity index (χ1n) is 7.79. The van der Waals surface area contributed by atoms with Gasteiger partial charge in [0.05, 0.1) is 0 Å². The van der Waals surface area contributed by atoms with Crippen LogP contribution in [0.25, 0.3) is 0 Å². The van der Waals surface area contributed by atoms with Gasteiger partial charge in [-0.1, -0.05) is 0 Å². The van der Waals surface area contributed by atoms with E-state index in [1.807, 2.05) is 0 Å². The second kappa shape index (κ2) is 7.57. The third kappa shape index (κ3) is 4.19. The Morgan fingerprint density at radius 1 is 1.33 bits per heavy atom. The van der Waals surface area contributed by atoms with Crippen LogP contribution in [0, 0.1) is 0 Å². The Morgan fingerprint density at radius 3 is 2.92 bits per heavy atom. The lowest BCUT2D eigenvalue weighted by Crippen LogP contribution is -2.49. The standard InChI is InChI=1S/C16H18BrN5O2/c17-12-4-5-15(24)22(9-12)11-14(23)20-13-3-1-8-21(10-13)16-18-6-2-7-19-16/h2,4-7,9,13H,1,3,8,10-11H2,(H,20,23)/t13-/m1/s1. The summed E-state index contributed by atoms with van der Waals surface area (Å²) in [6.07, 6.45) is 6.91. The molecule has 1 aliphatic rings. The quantitative estimate of drug-likeness (QED) is 0.846. The Morgan fingerprint density at radius 2 is 2.12 bits per heavy atom. The maximum Gasteiger partial charge on any atom is 0.251 e. The first kappa shape index (κ1) is 16.6. The van der Waals surface area contributed by atoms with Crippen molar-refractivity contribution in [2.45, 2.75) is 25.4 Å². The molecular formula is C16H18BrN5O2. The van der Waals surface area contributed by atoms with E-state index in [9.17, 15) is 9.59 Å².